The summed E-state index contributed by atoms with van der Waals surface area (Å²) in [7, 11) is 2.08. The van der Waals surface area contributed by atoms with Crippen LogP contribution in [0.4, 0.5) is 0 Å². The lowest BCUT2D eigenvalue weighted by molar-refractivity contribution is 0.301. The van der Waals surface area contributed by atoms with Crippen LogP contribution in [0.2, 0.25) is 0 Å². The average Bonchev–Trinajstić information content (AvgIpc) is 2.53. The molecule has 0 aromatic heterocycles. The molecule has 1 saturated carbocycles. The van der Waals surface area contributed by atoms with Crippen LogP contribution in [0.5, 0.6) is 0 Å². The summed E-state index contributed by atoms with van der Waals surface area (Å²) in [6.45, 7) is 7.72. The minimum atomic E-state index is 0.302. The van der Waals surface area contributed by atoms with Crippen molar-refractivity contribution in [3.63, 3.8) is 0 Å². The zero-order valence-corrected chi connectivity index (χ0v) is 11.3. The van der Waals surface area contributed by atoms with Gasteiger partial charge >= 0.3 is 0 Å². The largest absolute Gasteiger partial charge is 0.360 e. The summed E-state index contributed by atoms with van der Waals surface area (Å²) in [5.41, 5.74) is 0.302. The normalized spacial score (nSPS) is 17.9. The molecule has 0 heterocycles. The number of rotatable bonds is 2. The van der Waals surface area contributed by atoms with E-state index in [0.717, 1.165) is 11.7 Å². The molecular formula is C12H24N2S. The Bertz CT molecular complexity index is 214. The lowest BCUT2D eigenvalue weighted by atomic mass is 9.96. The van der Waals surface area contributed by atoms with Gasteiger partial charge in [0.25, 0.3) is 0 Å². The Balaban J connectivity index is 2.32. The van der Waals surface area contributed by atoms with Crippen LogP contribution in [0.3, 0.4) is 0 Å². The third-order valence-corrected chi connectivity index (χ3v) is 3.17. The molecule has 1 N–H and O–H groups in total. The summed E-state index contributed by atoms with van der Waals surface area (Å²) in [5.74, 6) is 0. The van der Waals surface area contributed by atoms with E-state index < -0.39 is 0 Å². The van der Waals surface area contributed by atoms with Crippen LogP contribution in [-0.2, 0) is 0 Å². The highest BCUT2D eigenvalue weighted by Gasteiger charge is 2.19. The maximum absolute atomic E-state index is 5.40. The minimum absolute atomic E-state index is 0.302. The Hall–Kier alpha value is -0.310. The Morgan fingerprint density at radius 1 is 1.33 bits per heavy atom. The molecule has 0 aromatic carbocycles. The monoisotopic (exact) mass is 228 g/mol. The molecule has 1 rings (SSSR count). The van der Waals surface area contributed by atoms with E-state index in [1.165, 1.54) is 25.7 Å². The fourth-order valence-electron chi connectivity index (χ4n) is 2.14. The third-order valence-electron chi connectivity index (χ3n) is 2.74. The second kappa shape index (κ2) is 5.15. The van der Waals surface area contributed by atoms with Gasteiger partial charge in [-0.2, -0.15) is 0 Å². The van der Waals surface area contributed by atoms with E-state index in [0.29, 0.717) is 11.5 Å². The molecule has 1 aliphatic carbocycles. The van der Waals surface area contributed by atoms with Gasteiger partial charge in [0.05, 0.1) is 0 Å². The van der Waals surface area contributed by atoms with Crippen molar-refractivity contribution < 1.29 is 0 Å². The third kappa shape index (κ3) is 4.83. The standard InChI is InChI=1S/C12H24N2S/c1-12(2,3)9-14(4)11(15)13-10-7-5-6-8-10/h10H,5-9H2,1-4H3,(H,13,15). The van der Waals surface area contributed by atoms with Gasteiger partial charge in [0.1, 0.15) is 0 Å². The topological polar surface area (TPSA) is 15.3 Å². The van der Waals surface area contributed by atoms with E-state index in [-0.39, 0.29) is 0 Å². The van der Waals surface area contributed by atoms with Gasteiger partial charge in [0.15, 0.2) is 5.11 Å². The summed E-state index contributed by atoms with van der Waals surface area (Å²) < 4.78 is 0. The fraction of sp³-hybridized carbons (Fsp3) is 0.917. The van der Waals surface area contributed by atoms with Crippen LogP contribution in [0.25, 0.3) is 0 Å². The molecule has 15 heavy (non-hydrogen) atoms. The number of nitrogens with zero attached hydrogens (tertiary/aromatic N) is 1. The lowest BCUT2D eigenvalue weighted by Crippen LogP contribution is -2.44. The van der Waals surface area contributed by atoms with Gasteiger partial charge in [-0.3, -0.25) is 0 Å². The van der Waals surface area contributed by atoms with Crippen LogP contribution in [0.1, 0.15) is 46.5 Å². The van der Waals surface area contributed by atoms with Crippen molar-refractivity contribution in [2.24, 2.45) is 5.41 Å². The molecule has 0 unspecified atom stereocenters. The summed E-state index contributed by atoms with van der Waals surface area (Å²) in [4.78, 5) is 2.16. The van der Waals surface area contributed by atoms with Crippen molar-refractivity contribution in [3.05, 3.63) is 0 Å². The Kier molecular flexibility index (Phi) is 4.38. The molecule has 0 aromatic rings. The summed E-state index contributed by atoms with van der Waals surface area (Å²) >= 11 is 5.40. The van der Waals surface area contributed by atoms with Gasteiger partial charge < -0.3 is 10.2 Å². The molecule has 2 nitrogen and oxygen atoms in total. The van der Waals surface area contributed by atoms with Crippen LogP contribution in [-0.4, -0.2) is 29.6 Å². The first-order valence-corrected chi connectivity index (χ1v) is 6.31. The predicted octanol–water partition coefficient (Wildman–Crippen LogP) is 2.78. The van der Waals surface area contributed by atoms with Gasteiger partial charge in [-0.05, 0) is 30.5 Å². The molecule has 0 atom stereocenters. The van der Waals surface area contributed by atoms with Crippen molar-refractivity contribution in [2.45, 2.75) is 52.5 Å². The molecule has 0 radical (unpaired) electrons. The number of thiocarbonyl (C=S) groups is 1. The molecule has 1 fully saturated rings. The highest BCUT2D eigenvalue weighted by molar-refractivity contribution is 7.80. The molecule has 0 spiro atoms. The van der Waals surface area contributed by atoms with E-state index in [2.05, 4.69) is 38.0 Å². The van der Waals surface area contributed by atoms with Crippen molar-refractivity contribution >= 4 is 17.3 Å². The van der Waals surface area contributed by atoms with Crippen molar-refractivity contribution in [1.82, 2.24) is 10.2 Å². The predicted molar refractivity (Wildman–Crippen MR) is 70.1 cm³/mol. The van der Waals surface area contributed by atoms with Gasteiger partial charge in [0.2, 0.25) is 0 Å². The second-order valence-corrected chi connectivity index (χ2v) is 6.23. The lowest BCUT2D eigenvalue weighted by Gasteiger charge is -2.30. The quantitative estimate of drug-likeness (QED) is 0.732. The van der Waals surface area contributed by atoms with Crippen LogP contribution in [0.15, 0.2) is 0 Å². The van der Waals surface area contributed by atoms with Crippen molar-refractivity contribution in [3.8, 4) is 0 Å². The summed E-state index contributed by atoms with van der Waals surface area (Å²) in [6, 6.07) is 0.625. The molecule has 3 heteroatoms. The van der Waals surface area contributed by atoms with E-state index in [4.69, 9.17) is 12.2 Å². The molecule has 0 amide bonds. The first kappa shape index (κ1) is 12.8. The highest BCUT2D eigenvalue weighted by Crippen LogP contribution is 2.18. The van der Waals surface area contributed by atoms with E-state index in [1.807, 2.05) is 0 Å². The van der Waals surface area contributed by atoms with E-state index in [1.54, 1.807) is 0 Å². The first-order valence-electron chi connectivity index (χ1n) is 5.90. The Labute approximate surface area is 99.4 Å². The fourth-order valence-corrected chi connectivity index (χ4v) is 2.37. The van der Waals surface area contributed by atoms with Gasteiger partial charge in [-0.25, -0.2) is 0 Å². The number of hydrogen-bond acceptors (Lipinski definition) is 1. The number of nitrogens with one attached hydrogen (secondary N) is 1. The molecule has 88 valence electrons. The molecule has 0 aliphatic heterocycles. The zero-order valence-electron chi connectivity index (χ0n) is 10.5. The zero-order chi connectivity index (χ0) is 11.5. The molecule has 0 saturated heterocycles. The maximum atomic E-state index is 5.40. The smallest absolute Gasteiger partial charge is 0.168 e. The SMILES string of the molecule is CN(CC(C)(C)C)C(=S)NC1CCCC1. The highest BCUT2D eigenvalue weighted by atomic mass is 32.1. The number of hydrogen-bond donors (Lipinski definition) is 1. The summed E-state index contributed by atoms with van der Waals surface area (Å²) in [6.07, 6.45) is 5.26. The van der Waals surface area contributed by atoms with Gasteiger partial charge in [-0.15, -0.1) is 0 Å². The average molecular weight is 228 g/mol. The van der Waals surface area contributed by atoms with E-state index in [9.17, 15) is 0 Å². The Morgan fingerprint density at radius 3 is 2.33 bits per heavy atom. The molecular weight excluding hydrogens is 204 g/mol. The van der Waals surface area contributed by atoms with Crippen LogP contribution < -0.4 is 5.32 Å². The van der Waals surface area contributed by atoms with Crippen molar-refractivity contribution in [2.75, 3.05) is 13.6 Å². The summed E-state index contributed by atoms with van der Waals surface area (Å²) in [5, 5.41) is 4.37. The van der Waals surface area contributed by atoms with Crippen LogP contribution in [0, 0.1) is 5.41 Å². The molecule has 1 aliphatic rings. The second-order valence-electron chi connectivity index (χ2n) is 5.85. The van der Waals surface area contributed by atoms with Crippen molar-refractivity contribution in [1.29, 1.82) is 0 Å². The molecule has 0 bridgehead atoms. The van der Waals surface area contributed by atoms with Gasteiger partial charge in [0, 0.05) is 19.6 Å². The minimum Gasteiger partial charge on any atom is -0.360 e. The van der Waals surface area contributed by atoms with Gasteiger partial charge in [-0.1, -0.05) is 33.6 Å². The first-order chi connectivity index (χ1) is 6.88. The van der Waals surface area contributed by atoms with Crippen LogP contribution >= 0.6 is 12.2 Å². The maximum Gasteiger partial charge on any atom is 0.168 e. The van der Waals surface area contributed by atoms with E-state index >= 15 is 0 Å². The Morgan fingerprint density at radius 2 is 1.87 bits per heavy atom.